The summed E-state index contributed by atoms with van der Waals surface area (Å²) in [7, 11) is 0. The summed E-state index contributed by atoms with van der Waals surface area (Å²) in [6, 6.07) is 2.04. The number of carbonyl (C=O) groups is 1. The Bertz CT molecular complexity index is 1170. The maximum absolute atomic E-state index is 15.3. The minimum absolute atomic E-state index is 0.0256. The van der Waals surface area contributed by atoms with Crippen LogP contribution in [0, 0.1) is 5.92 Å². The summed E-state index contributed by atoms with van der Waals surface area (Å²) < 4.78 is 15.3. The van der Waals surface area contributed by atoms with Crippen LogP contribution in [0.3, 0.4) is 0 Å². The molecule has 4 aliphatic rings. The van der Waals surface area contributed by atoms with E-state index in [0.717, 1.165) is 62.9 Å². The van der Waals surface area contributed by atoms with E-state index in [1.165, 1.54) is 17.4 Å². The molecule has 0 radical (unpaired) electrons. The smallest absolute Gasteiger partial charge is 0.252 e. The Kier molecular flexibility index (Phi) is 7.90. The van der Waals surface area contributed by atoms with Gasteiger partial charge in [0.2, 0.25) is 0 Å². The monoisotopic (exact) mass is 524 g/mol. The number of hydrazone groups is 1. The van der Waals surface area contributed by atoms with Gasteiger partial charge in [-0.1, -0.05) is 25.8 Å². The summed E-state index contributed by atoms with van der Waals surface area (Å²) in [5, 5.41) is 14.3. The Morgan fingerprint density at radius 3 is 2.78 bits per heavy atom. The Morgan fingerprint density at radius 1 is 1.32 bits per heavy atom. The molecule has 4 heterocycles. The standard InChI is InChI=1S/C28H37FN6OS/c1-3-7-23(32-24-9-8-21(34-35-24)18-10-14-30-15-11-18)33-25(20(29)4-2)22-16-19-26(37-22)28(12-5-6-13-28)17-31-27(19)36/h4,7-9,16,18,21,30,34H,3,5-6,10-15,17H2,1-2H3,(H,31,36)(H,32,35)/b20-4+,23-7+,33-25+. The van der Waals surface area contributed by atoms with Gasteiger partial charge >= 0.3 is 0 Å². The molecule has 1 saturated heterocycles. The van der Waals surface area contributed by atoms with E-state index in [9.17, 15) is 4.79 Å². The predicted octanol–water partition coefficient (Wildman–Crippen LogP) is 4.65. The van der Waals surface area contributed by atoms with E-state index in [-0.39, 0.29) is 23.1 Å². The molecule has 0 aromatic carbocycles. The Balaban J connectivity index is 1.40. The topological polar surface area (TPSA) is 89.9 Å². The molecule has 1 saturated carbocycles. The van der Waals surface area contributed by atoms with Crippen molar-refractivity contribution < 1.29 is 9.18 Å². The predicted molar refractivity (Wildman–Crippen MR) is 149 cm³/mol. The highest BCUT2D eigenvalue weighted by atomic mass is 32.1. The van der Waals surface area contributed by atoms with Crippen LogP contribution in [0.15, 0.2) is 52.1 Å². The molecule has 1 aliphatic carbocycles. The molecule has 7 nitrogen and oxygen atoms in total. The molecule has 5 rings (SSSR count). The van der Waals surface area contributed by atoms with Crippen molar-refractivity contribution in [2.75, 3.05) is 19.6 Å². The highest BCUT2D eigenvalue weighted by molar-refractivity contribution is 7.15. The number of fused-ring (bicyclic) bond motifs is 2. The van der Waals surface area contributed by atoms with Crippen molar-refractivity contribution in [3.8, 4) is 0 Å². The van der Waals surface area contributed by atoms with Crippen LogP contribution >= 0.6 is 11.3 Å². The summed E-state index contributed by atoms with van der Waals surface area (Å²) in [6.45, 7) is 6.43. The van der Waals surface area contributed by atoms with Crippen molar-refractivity contribution in [3.05, 3.63) is 57.3 Å². The van der Waals surface area contributed by atoms with Gasteiger partial charge in [0.25, 0.3) is 5.91 Å². The zero-order chi connectivity index (χ0) is 25.8. The minimum atomic E-state index is -0.409. The van der Waals surface area contributed by atoms with E-state index in [2.05, 4.69) is 32.6 Å². The van der Waals surface area contributed by atoms with Gasteiger partial charge in [-0.15, -0.1) is 11.3 Å². The van der Waals surface area contributed by atoms with Crippen LogP contribution in [-0.2, 0) is 5.41 Å². The summed E-state index contributed by atoms with van der Waals surface area (Å²) >= 11 is 1.52. The molecule has 37 heavy (non-hydrogen) atoms. The number of allylic oxidation sites excluding steroid dienone is 3. The van der Waals surface area contributed by atoms with Gasteiger partial charge in [-0.3, -0.25) is 4.79 Å². The summed E-state index contributed by atoms with van der Waals surface area (Å²) in [5.41, 5.74) is 4.17. The second kappa shape index (κ2) is 11.3. The summed E-state index contributed by atoms with van der Waals surface area (Å²) in [6.07, 6.45) is 14.9. The average Bonchev–Trinajstić information content (AvgIpc) is 3.59. The molecule has 0 bridgehead atoms. The van der Waals surface area contributed by atoms with E-state index in [1.807, 2.05) is 25.1 Å². The van der Waals surface area contributed by atoms with E-state index >= 15 is 4.39 Å². The molecule has 1 aromatic heterocycles. The van der Waals surface area contributed by atoms with E-state index in [0.29, 0.717) is 34.6 Å². The zero-order valence-corrected chi connectivity index (χ0v) is 22.5. The number of amidine groups is 1. The van der Waals surface area contributed by atoms with E-state index in [4.69, 9.17) is 4.99 Å². The zero-order valence-electron chi connectivity index (χ0n) is 21.7. The third-order valence-electron chi connectivity index (χ3n) is 7.89. The molecule has 9 heteroatoms. The van der Waals surface area contributed by atoms with Crippen LogP contribution in [0.5, 0.6) is 0 Å². The molecule has 1 unspecified atom stereocenters. The Morgan fingerprint density at radius 2 is 2.11 bits per heavy atom. The summed E-state index contributed by atoms with van der Waals surface area (Å²) in [5.74, 6) is 1.25. The number of rotatable bonds is 6. The van der Waals surface area contributed by atoms with Crippen molar-refractivity contribution in [3.63, 3.8) is 0 Å². The van der Waals surface area contributed by atoms with Gasteiger partial charge in [-0.25, -0.2) is 9.38 Å². The lowest BCUT2D eigenvalue weighted by Crippen LogP contribution is -2.44. The first-order chi connectivity index (χ1) is 18.0. The quantitative estimate of drug-likeness (QED) is 0.408. The van der Waals surface area contributed by atoms with Crippen molar-refractivity contribution in [2.24, 2.45) is 16.0 Å². The third-order valence-corrected chi connectivity index (χ3v) is 9.28. The maximum atomic E-state index is 15.3. The average molecular weight is 525 g/mol. The lowest BCUT2D eigenvalue weighted by atomic mass is 9.80. The first kappa shape index (κ1) is 25.9. The van der Waals surface area contributed by atoms with Crippen molar-refractivity contribution in [1.29, 1.82) is 0 Å². The number of nitrogens with one attached hydrogen (secondary N) is 4. The van der Waals surface area contributed by atoms with Crippen molar-refractivity contribution in [2.45, 2.75) is 70.3 Å². The van der Waals surface area contributed by atoms with Gasteiger partial charge in [0.1, 0.15) is 17.4 Å². The second-order valence-electron chi connectivity index (χ2n) is 10.3. The maximum Gasteiger partial charge on any atom is 0.252 e. The van der Waals surface area contributed by atoms with E-state index in [1.54, 1.807) is 6.92 Å². The van der Waals surface area contributed by atoms with Crippen LogP contribution in [0.25, 0.3) is 0 Å². The molecular formula is C28H37FN6OS. The lowest BCUT2D eigenvalue weighted by Gasteiger charge is -2.33. The molecule has 1 atom stereocenters. The molecule has 1 amide bonds. The number of amides is 1. The fraction of sp³-hybridized carbons (Fsp3) is 0.536. The number of hydrogen-bond donors (Lipinski definition) is 4. The van der Waals surface area contributed by atoms with Crippen molar-refractivity contribution in [1.82, 2.24) is 21.4 Å². The molecule has 1 aromatic rings. The summed E-state index contributed by atoms with van der Waals surface area (Å²) in [4.78, 5) is 19.2. The van der Waals surface area contributed by atoms with Gasteiger partial charge < -0.3 is 21.4 Å². The Labute approximate surface area is 222 Å². The lowest BCUT2D eigenvalue weighted by molar-refractivity contribution is 0.0927. The Hall–Kier alpha value is -2.78. The largest absolute Gasteiger partial charge is 0.351 e. The highest BCUT2D eigenvalue weighted by Gasteiger charge is 2.43. The fourth-order valence-electron chi connectivity index (χ4n) is 5.84. The normalized spacial score (nSPS) is 24.5. The number of carbonyl (C=O) groups excluding carboxylic acids is 1. The highest BCUT2D eigenvalue weighted by Crippen LogP contribution is 2.47. The number of piperidine rings is 1. The molecule has 3 aliphatic heterocycles. The van der Waals surface area contributed by atoms with Crippen LogP contribution in [0.4, 0.5) is 4.39 Å². The van der Waals surface area contributed by atoms with Crippen LogP contribution in [0.1, 0.15) is 78.9 Å². The van der Waals surface area contributed by atoms with E-state index < -0.39 is 5.83 Å². The fourth-order valence-corrected chi connectivity index (χ4v) is 7.23. The molecular weight excluding hydrogens is 487 g/mol. The number of aliphatic imine (C=N–C) groups is 1. The van der Waals surface area contributed by atoms with Gasteiger partial charge in [-0.2, -0.15) is 5.10 Å². The van der Waals surface area contributed by atoms with Gasteiger partial charge in [0.05, 0.1) is 16.5 Å². The molecule has 4 N–H and O–H groups in total. The number of hydrogen-bond acceptors (Lipinski definition) is 7. The molecule has 198 valence electrons. The minimum Gasteiger partial charge on any atom is -0.351 e. The van der Waals surface area contributed by atoms with Gasteiger partial charge in [-0.05, 0) is 82.3 Å². The SMILES string of the molecule is C\C=C(F)/C(=N\C(=C\CC)NC1=NNC(C2CCNCC2)C=C1)c1cc2c(s1)C1(CCCC1)CNC2=O. The number of thiophene rings is 1. The molecule has 2 fully saturated rings. The third kappa shape index (κ3) is 5.43. The number of nitrogens with zero attached hydrogens (tertiary/aromatic N) is 2. The first-order valence-corrected chi connectivity index (χ1v) is 14.4. The van der Waals surface area contributed by atoms with Crippen molar-refractivity contribution >= 4 is 28.8 Å². The number of halogens is 1. The van der Waals surface area contributed by atoms with Crippen LogP contribution in [0.2, 0.25) is 0 Å². The van der Waals surface area contributed by atoms with Crippen LogP contribution in [-0.4, -0.2) is 43.1 Å². The van der Waals surface area contributed by atoms with Gasteiger partial charge in [0, 0.05) is 16.8 Å². The molecule has 1 spiro atoms. The van der Waals surface area contributed by atoms with Gasteiger partial charge in [0.15, 0.2) is 5.84 Å². The second-order valence-corrected chi connectivity index (χ2v) is 11.4. The van der Waals surface area contributed by atoms with Crippen LogP contribution < -0.4 is 21.4 Å². The first-order valence-electron chi connectivity index (χ1n) is 13.6.